The van der Waals surface area contributed by atoms with Crippen LogP contribution >= 0.6 is 0 Å². The van der Waals surface area contributed by atoms with Gasteiger partial charge in [-0.2, -0.15) is 4.31 Å². The Labute approximate surface area is 161 Å². The maximum Gasteiger partial charge on any atom is 0.243 e. The molecule has 2 aromatic rings. The summed E-state index contributed by atoms with van der Waals surface area (Å²) < 4.78 is 27.4. The summed E-state index contributed by atoms with van der Waals surface area (Å²) >= 11 is 0. The molecule has 1 fully saturated rings. The Bertz CT molecular complexity index is 902. The second-order valence-electron chi connectivity index (χ2n) is 7.40. The number of nitrogens with one attached hydrogen (secondary N) is 1. The Morgan fingerprint density at radius 2 is 1.63 bits per heavy atom. The minimum absolute atomic E-state index is 0.0145. The maximum absolute atomic E-state index is 12.9. The summed E-state index contributed by atoms with van der Waals surface area (Å²) in [5, 5.41) is 3.00. The van der Waals surface area contributed by atoms with Crippen LogP contribution in [0.2, 0.25) is 0 Å². The fourth-order valence-corrected chi connectivity index (χ4v) is 5.09. The van der Waals surface area contributed by atoms with Crippen LogP contribution in [-0.4, -0.2) is 31.7 Å². The number of amides is 1. The lowest BCUT2D eigenvalue weighted by atomic mass is 9.80. The third-order valence-electron chi connectivity index (χ3n) is 5.38. The van der Waals surface area contributed by atoms with E-state index >= 15 is 0 Å². The normalized spacial score (nSPS) is 17.4. The number of carbonyl (C=O) groups excluding carboxylic acids is 1. The van der Waals surface area contributed by atoms with Crippen LogP contribution < -0.4 is 5.32 Å². The summed E-state index contributed by atoms with van der Waals surface area (Å²) in [5.74, 6) is -0.0145. The molecule has 0 saturated carbocycles. The lowest BCUT2D eigenvalue weighted by Crippen LogP contribution is -2.48. The number of benzene rings is 2. The van der Waals surface area contributed by atoms with Gasteiger partial charge in [0.15, 0.2) is 0 Å². The molecule has 0 aromatic heterocycles. The molecule has 0 bridgehead atoms. The molecule has 0 aliphatic carbocycles. The molecular weight excluding hydrogens is 360 g/mol. The number of carbonyl (C=O) groups is 1. The standard InChI is InChI=1S/C21H26N2O3S/c1-17-8-6-7-11-19(17)27(25,26)23-14-12-21(2,13-15-23)20(24)22-16-18-9-4-3-5-10-18/h3-11H,12-16H2,1-2H3,(H,22,24). The summed E-state index contributed by atoms with van der Waals surface area (Å²) in [6.45, 7) is 4.92. The summed E-state index contributed by atoms with van der Waals surface area (Å²) in [5.41, 5.74) is 1.24. The monoisotopic (exact) mass is 386 g/mol. The lowest BCUT2D eigenvalue weighted by molar-refractivity contribution is -0.132. The van der Waals surface area contributed by atoms with Crippen molar-refractivity contribution in [3.05, 3.63) is 65.7 Å². The molecule has 2 aromatic carbocycles. The van der Waals surface area contributed by atoms with Gasteiger partial charge >= 0.3 is 0 Å². The Hall–Kier alpha value is -2.18. The second kappa shape index (κ2) is 7.82. The van der Waals surface area contributed by atoms with Crippen LogP contribution in [0.25, 0.3) is 0 Å². The molecule has 1 heterocycles. The van der Waals surface area contributed by atoms with Crippen molar-refractivity contribution in [3.8, 4) is 0 Å². The average molecular weight is 387 g/mol. The van der Waals surface area contributed by atoms with E-state index in [9.17, 15) is 13.2 Å². The van der Waals surface area contributed by atoms with Gasteiger partial charge in [0.2, 0.25) is 15.9 Å². The number of sulfonamides is 1. The molecule has 1 amide bonds. The molecular formula is C21H26N2O3S. The molecule has 6 heteroatoms. The van der Waals surface area contributed by atoms with Crippen LogP contribution in [0, 0.1) is 12.3 Å². The largest absolute Gasteiger partial charge is 0.352 e. The average Bonchev–Trinajstić information content (AvgIpc) is 2.67. The van der Waals surface area contributed by atoms with E-state index in [0.717, 1.165) is 11.1 Å². The quantitative estimate of drug-likeness (QED) is 0.859. The highest BCUT2D eigenvalue weighted by Crippen LogP contribution is 2.34. The minimum Gasteiger partial charge on any atom is -0.352 e. The molecule has 1 aliphatic rings. The molecule has 5 nitrogen and oxygen atoms in total. The van der Waals surface area contributed by atoms with Gasteiger partial charge in [-0.1, -0.05) is 55.5 Å². The van der Waals surface area contributed by atoms with Crippen molar-refractivity contribution < 1.29 is 13.2 Å². The number of hydrogen-bond donors (Lipinski definition) is 1. The predicted molar refractivity (Wildman–Crippen MR) is 106 cm³/mol. The second-order valence-corrected chi connectivity index (χ2v) is 9.30. The van der Waals surface area contributed by atoms with E-state index in [1.54, 1.807) is 25.1 Å². The van der Waals surface area contributed by atoms with Gasteiger partial charge in [-0.3, -0.25) is 4.79 Å². The summed E-state index contributed by atoms with van der Waals surface area (Å²) in [4.78, 5) is 13.0. The minimum atomic E-state index is -3.52. The topological polar surface area (TPSA) is 66.5 Å². The Kier molecular flexibility index (Phi) is 5.67. The lowest BCUT2D eigenvalue weighted by Gasteiger charge is -2.37. The Balaban J connectivity index is 1.63. The highest BCUT2D eigenvalue weighted by atomic mass is 32.2. The number of nitrogens with zero attached hydrogens (tertiary/aromatic N) is 1. The van der Waals surface area contributed by atoms with Crippen LogP contribution in [0.3, 0.4) is 0 Å². The fourth-order valence-electron chi connectivity index (χ4n) is 3.42. The van der Waals surface area contributed by atoms with Gasteiger partial charge in [-0.05, 0) is 37.0 Å². The van der Waals surface area contributed by atoms with Crippen LogP contribution in [0.1, 0.15) is 30.9 Å². The molecule has 0 atom stereocenters. The van der Waals surface area contributed by atoms with E-state index in [1.165, 1.54) is 4.31 Å². The van der Waals surface area contributed by atoms with Crippen LogP contribution in [0.15, 0.2) is 59.5 Å². The van der Waals surface area contributed by atoms with Crippen LogP contribution in [0.4, 0.5) is 0 Å². The van der Waals surface area contributed by atoms with Crippen molar-refractivity contribution in [1.29, 1.82) is 0 Å². The zero-order valence-electron chi connectivity index (χ0n) is 15.8. The van der Waals surface area contributed by atoms with Crippen molar-refractivity contribution in [2.45, 2.75) is 38.1 Å². The number of hydrogen-bond acceptors (Lipinski definition) is 3. The van der Waals surface area contributed by atoms with Gasteiger partial charge in [0.1, 0.15) is 0 Å². The molecule has 3 rings (SSSR count). The van der Waals surface area contributed by atoms with Gasteiger partial charge in [0, 0.05) is 25.0 Å². The van der Waals surface area contributed by atoms with E-state index in [4.69, 9.17) is 0 Å². The van der Waals surface area contributed by atoms with E-state index < -0.39 is 15.4 Å². The van der Waals surface area contributed by atoms with Gasteiger partial charge in [0.05, 0.1) is 4.90 Å². The first-order valence-corrected chi connectivity index (χ1v) is 10.6. The SMILES string of the molecule is Cc1ccccc1S(=O)(=O)N1CCC(C)(C(=O)NCc2ccccc2)CC1. The summed E-state index contributed by atoms with van der Waals surface area (Å²) in [6, 6.07) is 16.8. The van der Waals surface area contributed by atoms with Crippen molar-refractivity contribution in [3.63, 3.8) is 0 Å². The Morgan fingerprint density at radius 3 is 2.26 bits per heavy atom. The van der Waals surface area contributed by atoms with E-state index in [1.807, 2.05) is 43.3 Å². The first-order valence-electron chi connectivity index (χ1n) is 9.21. The molecule has 144 valence electrons. The van der Waals surface area contributed by atoms with Crippen LogP contribution in [0.5, 0.6) is 0 Å². The fraction of sp³-hybridized carbons (Fsp3) is 0.381. The first kappa shape index (κ1) is 19.6. The maximum atomic E-state index is 12.9. The summed E-state index contributed by atoms with van der Waals surface area (Å²) in [6.07, 6.45) is 1.03. The van der Waals surface area contributed by atoms with Crippen molar-refractivity contribution in [2.24, 2.45) is 5.41 Å². The van der Waals surface area contributed by atoms with Gasteiger partial charge in [0.25, 0.3) is 0 Å². The van der Waals surface area contributed by atoms with Crippen molar-refractivity contribution >= 4 is 15.9 Å². The van der Waals surface area contributed by atoms with Gasteiger partial charge < -0.3 is 5.32 Å². The van der Waals surface area contributed by atoms with Gasteiger partial charge in [-0.15, -0.1) is 0 Å². The highest BCUT2D eigenvalue weighted by molar-refractivity contribution is 7.89. The third-order valence-corrected chi connectivity index (χ3v) is 7.44. The number of aryl methyl sites for hydroxylation is 1. The van der Waals surface area contributed by atoms with E-state index in [2.05, 4.69) is 5.32 Å². The Morgan fingerprint density at radius 1 is 1.04 bits per heavy atom. The third kappa shape index (κ3) is 4.22. The molecule has 0 unspecified atom stereocenters. The predicted octanol–water partition coefficient (Wildman–Crippen LogP) is 3.10. The zero-order valence-corrected chi connectivity index (χ0v) is 16.6. The molecule has 1 N–H and O–H groups in total. The smallest absolute Gasteiger partial charge is 0.243 e. The van der Waals surface area contributed by atoms with Gasteiger partial charge in [-0.25, -0.2) is 8.42 Å². The van der Waals surface area contributed by atoms with Crippen molar-refractivity contribution in [1.82, 2.24) is 9.62 Å². The van der Waals surface area contributed by atoms with Crippen molar-refractivity contribution in [2.75, 3.05) is 13.1 Å². The zero-order chi connectivity index (χ0) is 19.5. The summed E-state index contributed by atoms with van der Waals surface area (Å²) in [7, 11) is -3.52. The molecule has 1 saturated heterocycles. The number of piperidine rings is 1. The first-order chi connectivity index (χ1) is 12.8. The molecule has 1 aliphatic heterocycles. The molecule has 0 radical (unpaired) electrons. The molecule has 27 heavy (non-hydrogen) atoms. The van der Waals surface area contributed by atoms with Crippen LogP contribution in [-0.2, 0) is 21.4 Å². The number of rotatable bonds is 5. The van der Waals surface area contributed by atoms with E-state index in [0.29, 0.717) is 37.4 Å². The highest BCUT2D eigenvalue weighted by Gasteiger charge is 2.40. The van der Waals surface area contributed by atoms with E-state index in [-0.39, 0.29) is 5.91 Å². The molecule has 0 spiro atoms.